The molecule has 1 N–H and O–H groups in total. The minimum Gasteiger partial charge on any atom is -0.376 e. The fourth-order valence-electron chi connectivity index (χ4n) is 2.62. The summed E-state index contributed by atoms with van der Waals surface area (Å²) in [7, 11) is -3.19. The average Bonchev–Trinajstić information content (AvgIpc) is 2.88. The van der Waals surface area contributed by atoms with Gasteiger partial charge in [0.1, 0.15) is 0 Å². The van der Waals surface area contributed by atoms with Gasteiger partial charge in [0.25, 0.3) is 0 Å². The first-order valence-corrected chi connectivity index (χ1v) is 8.66. The molecular formula is C12H22N2O4S. The number of sulfonamides is 1. The third kappa shape index (κ3) is 4.15. The van der Waals surface area contributed by atoms with Crippen LogP contribution in [0.3, 0.4) is 0 Å². The van der Waals surface area contributed by atoms with Crippen molar-refractivity contribution in [1.29, 1.82) is 0 Å². The Morgan fingerprint density at radius 3 is 2.79 bits per heavy atom. The fraction of sp³-hybridized carbons (Fsp3) is 0.917. The molecular weight excluding hydrogens is 268 g/mol. The molecule has 7 heteroatoms. The van der Waals surface area contributed by atoms with E-state index >= 15 is 0 Å². The summed E-state index contributed by atoms with van der Waals surface area (Å²) in [5.74, 6) is -0.284. The lowest BCUT2D eigenvalue weighted by Gasteiger charge is -2.30. The van der Waals surface area contributed by atoms with Gasteiger partial charge in [-0.25, -0.2) is 12.7 Å². The van der Waals surface area contributed by atoms with E-state index in [-0.39, 0.29) is 17.9 Å². The molecule has 0 aromatic carbocycles. The number of carbonyl (C=O) groups excluding carboxylic acids is 1. The molecule has 0 saturated carbocycles. The van der Waals surface area contributed by atoms with Gasteiger partial charge in [0.05, 0.1) is 18.3 Å². The van der Waals surface area contributed by atoms with Crippen molar-refractivity contribution in [2.45, 2.75) is 31.8 Å². The number of rotatable bonds is 4. The summed E-state index contributed by atoms with van der Waals surface area (Å²) in [4.78, 5) is 12.0. The molecule has 0 unspecified atom stereocenters. The first-order valence-electron chi connectivity index (χ1n) is 6.81. The highest BCUT2D eigenvalue weighted by molar-refractivity contribution is 7.88. The summed E-state index contributed by atoms with van der Waals surface area (Å²) in [5.41, 5.74) is 0. The van der Waals surface area contributed by atoms with Gasteiger partial charge >= 0.3 is 0 Å². The van der Waals surface area contributed by atoms with Crippen LogP contribution < -0.4 is 5.32 Å². The van der Waals surface area contributed by atoms with Gasteiger partial charge < -0.3 is 10.1 Å². The van der Waals surface area contributed by atoms with Crippen molar-refractivity contribution in [3.05, 3.63) is 0 Å². The van der Waals surface area contributed by atoms with Crippen LogP contribution in [-0.2, 0) is 19.6 Å². The second-order valence-corrected chi connectivity index (χ2v) is 7.32. The smallest absolute Gasteiger partial charge is 0.224 e. The van der Waals surface area contributed by atoms with Crippen LogP contribution in [0.1, 0.15) is 25.7 Å². The predicted molar refractivity (Wildman–Crippen MR) is 71.1 cm³/mol. The van der Waals surface area contributed by atoms with Crippen LogP contribution in [-0.4, -0.2) is 57.2 Å². The highest BCUT2D eigenvalue weighted by Crippen LogP contribution is 2.19. The summed E-state index contributed by atoms with van der Waals surface area (Å²) in [6.07, 6.45) is 4.85. The van der Waals surface area contributed by atoms with Crippen molar-refractivity contribution in [2.75, 3.05) is 32.5 Å². The van der Waals surface area contributed by atoms with Crippen molar-refractivity contribution in [1.82, 2.24) is 9.62 Å². The Morgan fingerprint density at radius 1 is 1.37 bits per heavy atom. The zero-order valence-electron chi connectivity index (χ0n) is 11.3. The molecule has 2 saturated heterocycles. The summed E-state index contributed by atoms with van der Waals surface area (Å²) < 4.78 is 29.8. The fourth-order valence-corrected chi connectivity index (χ4v) is 3.53. The Kier molecular flexibility index (Phi) is 4.81. The maximum atomic E-state index is 12.0. The lowest BCUT2D eigenvalue weighted by molar-refractivity contribution is -0.126. The van der Waals surface area contributed by atoms with Gasteiger partial charge in [0.15, 0.2) is 0 Å². The number of amides is 1. The molecule has 2 atom stereocenters. The molecule has 19 heavy (non-hydrogen) atoms. The van der Waals surface area contributed by atoms with Crippen molar-refractivity contribution < 1.29 is 17.9 Å². The van der Waals surface area contributed by atoms with Gasteiger partial charge in [-0.3, -0.25) is 4.79 Å². The number of hydrogen-bond acceptors (Lipinski definition) is 4. The van der Waals surface area contributed by atoms with Gasteiger partial charge in [-0.15, -0.1) is 0 Å². The van der Waals surface area contributed by atoms with Gasteiger partial charge in [0.2, 0.25) is 15.9 Å². The minimum atomic E-state index is -3.19. The third-order valence-corrected chi connectivity index (χ3v) is 5.02. The highest BCUT2D eigenvalue weighted by atomic mass is 32.2. The third-order valence-electron chi connectivity index (χ3n) is 3.75. The minimum absolute atomic E-state index is 0.0520. The van der Waals surface area contributed by atoms with E-state index in [1.165, 1.54) is 10.6 Å². The molecule has 0 spiro atoms. The van der Waals surface area contributed by atoms with Gasteiger partial charge in [-0.1, -0.05) is 0 Å². The van der Waals surface area contributed by atoms with E-state index in [0.29, 0.717) is 19.6 Å². The highest BCUT2D eigenvalue weighted by Gasteiger charge is 2.30. The van der Waals surface area contributed by atoms with Crippen molar-refractivity contribution >= 4 is 15.9 Å². The molecule has 0 aromatic rings. The van der Waals surface area contributed by atoms with E-state index in [4.69, 9.17) is 4.74 Å². The van der Waals surface area contributed by atoms with Crippen molar-refractivity contribution in [2.24, 2.45) is 5.92 Å². The number of hydrogen-bond donors (Lipinski definition) is 1. The molecule has 2 fully saturated rings. The topological polar surface area (TPSA) is 75.7 Å². The van der Waals surface area contributed by atoms with E-state index in [2.05, 4.69) is 5.32 Å². The van der Waals surface area contributed by atoms with Crippen LogP contribution in [0.25, 0.3) is 0 Å². The van der Waals surface area contributed by atoms with Gasteiger partial charge in [0, 0.05) is 26.2 Å². The molecule has 2 rings (SSSR count). The predicted octanol–water partition coefficient (Wildman–Crippen LogP) is -0.0468. The van der Waals surface area contributed by atoms with Crippen molar-refractivity contribution in [3.63, 3.8) is 0 Å². The average molecular weight is 290 g/mol. The first-order chi connectivity index (χ1) is 8.97. The maximum absolute atomic E-state index is 12.0. The molecule has 2 aliphatic rings. The molecule has 2 heterocycles. The van der Waals surface area contributed by atoms with Gasteiger partial charge in [-0.2, -0.15) is 0 Å². The lowest BCUT2D eigenvalue weighted by Crippen LogP contribution is -2.46. The molecule has 0 aliphatic carbocycles. The monoisotopic (exact) mass is 290 g/mol. The Labute approximate surface area is 114 Å². The molecule has 0 aromatic heterocycles. The Hall–Kier alpha value is -0.660. The van der Waals surface area contributed by atoms with E-state index in [1.54, 1.807) is 0 Å². The zero-order valence-corrected chi connectivity index (χ0v) is 12.1. The Balaban J connectivity index is 1.81. The van der Waals surface area contributed by atoms with E-state index < -0.39 is 10.0 Å². The van der Waals surface area contributed by atoms with Crippen LogP contribution in [0.2, 0.25) is 0 Å². The number of ether oxygens (including phenoxy) is 1. The van der Waals surface area contributed by atoms with E-state index in [9.17, 15) is 13.2 Å². The lowest BCUT2D eigenvalue weighted by atomic mass is 9.99. The first kappa shape index (κ1) is 14.7. The number of nitrogens with one attached hydrogen (secondary N) is 1. The van der Waals surface area contributed by atoms with E-state index in [1.807, 2.05) is 0 Å². The number of piperidine rings is 1. The summed E-state index contributed by atoms with van der Waals surface area (Å²) in [6, 6.07) is 0. The maximum Gasteiger partial charge on any atom is 0.224 e. The molecule has 0 bridgehead atoms. The quantitative estimate of drug-likeness (QED) is 0.788. The van der Waals surface area contributed by atoms with Crippen LogP contribution in [0.5, 0.6) is 0 Å². The molecule has 1 amide bonds. The van der Waals surface area contributed by atoms with Crippen LogP contribution in [0, 0.1) is 5.92 Å². The second kappa shape index (κ2) is 6.19. The molecule has 6 nitrogen and oxygen atoms in total. The SMILES string of the molecule is CS(=O)(=O)N1CCC[C@@H](C(=O)NC[C@H]2CCCO2)C1. The molecule has 2 aliphatic heterocycles. The van der Waals surface area contributed by atoms with Crippen LogP contribution in [0.4, 0.5) is 0 Å². The Bertz CT molecular complexity index is 417. The molecule has 110 valence electrons. The Morgan fingerprint density at radius 2 is 2.16 bits per heavy atom. The van der Waals surface area contributed by atoms with E-state index in [0.717, 1.165) is 32.3 Å². The second-order valence-electron chi connectivity index (χ2n) is 5.34. The summed E-state index contributed by atoms with van der Waals surface area (Å²) in [5, 5.41) is 2.88. The largest absolute Gasteiger partial charge is 0.376 e. The summed E-state index contributed by atoms with van der Waals surface area (Å²) in [6.45, 7) is 2.13. The zero-order chi connectivity index (χ0) is 13.9. The number of carbonyl (C=O) groups is 1. The number of nitrogens with zero attached hydrogens (tertiary/aromatic N) is 1. The van der Waals surface area contributed by atoms with Crippen LogP contribution >= 0.6 is 0 Å². The van der Waals surface area contributed by atoms with Crippen molar-refractivity contribution in [3.8, 4) is 0 Å². The van der Waals surface area contributed by atoms with Gasteiger partial charge in [-0.05, 0) is 25.7 Å². The summed E-state index contributed by atoms with van der Waals surface area (Å²) >= 11 is 0. The normalized spacial score (nSPS) is 29.3. The standard InChI is InChI=1S/C12H22N2O4S/c1-19(16,17)14-6-2-4-10(9-14)12(15)13-8-11-5-3-7-18-11/h10-11H,2-9H2,1H3,(H,13,15)/t10-,11-/m1/s1. The van der Waals surface area contributed by atoms with Crippen LogP contribution in [0.15, 0.2) is 0 Å². The molecule has 0 radical (unpaired) electrons.